The molecule has 0 aromatic heterocycles. The van der Waals surface area contributed by atoms with Crippen LogP contribution in [0.15, 0.2) is 71.6 Å². The van der Waals surface area contributed by atoms with Gasteiger partial charge in [-0.3, -0.25) is 14.3 Å². The summed E-state index contributed by atoms with van der Waals surface area (Å²) in [5.74, 6) is -3.35. The summed E-state index contributed by atoms with van der Waals surface area (Å²) in [6, 6.07) is 14.1. The SMILES string of the molecule is O=C(O)[C@@H]1[C@@H](C(=O)Nc2ccc(S(=O)(=O)Nc3ccccc3)cc2)[C@H]2C=C[C@@H]1O2. The van der Waals surface area contributed by atoms with E-state index < -0.39 is 45.9 Å². The van der Waals surface area contributed by atoms with Crippen LogP contribution in [0.1, 0.15) is 0 Å². The zero-order valence-corrected chi connectivity index (χ0v) is 15.9. The minimum absolute atomic E-state index is 0.0361. The number of para-hydroxylation sites is 1. The number of carboxylic acids is 1. The second kappa shape index (κ2) is 7.34. The fraction of sp³-hybridized carbons (Fsp3) is 0.200. The Kier molecular flexibility index (Phi) is 4.85. The molecule has 0 radical (unpaired) electrons. The molecule has 4 atom stereocenters. The van der Waals surface area contributed by atoms with E-state index in [0.29, 0.717) is 11.4 Å². The molecule has 4 rings (SSSR count). The third-order valence-corrected chi connectivity index (χ3v) is 6.34. The van der Waals surface area contributed by atoms with Crippen molar-refractivity contribution in [1.29, 1.82) is 0 Å². The molecule has 2 aromatic carbocycles. The predicted octanol–water partition coefficient (Wildman–Crippen LogP) is 2.08. The molecule has 1 saturated heterocycles. The standard InChI is InChI=1S/C20H18N2O6S/c23-19(17-15-10-11-16(28-15)18(17)20(24)25)21-12-6-8-14(9-7-12)29(26,27)22-13-4-2-1-3-5-13/h1-11,15-18,22H,(H,21,23)(H,24,25)/t15-,16+,17+,18+/m1/s1. The summed E-state index contributed by atoms with van der Waals surface area (Å²) in [4.78, 5) is 24.2. The molecule has 0 saturated carbocycles. The first-order valence-corrected chi connectivity index (χ1v) is 10.4. The van der Waals surface area contributed by atoms with Gasteiger partial charge in [0, 0.05) is 11.4 Å². The lowest BCUT2D eigenvalue weighted by molar-refractivity contribution is -0.145. The largest absolute Gasteiger partial charge is 0.481 e. The summed E-state index contributed by atoms with van der Waals surface area (Å²) in [7, 11) is -3.77. The lowest BCUT2D eigenvalue weighted by Crippen LogP contribution is -2.39. The van der Waals surface area contributed by atoms with E-state index in [0.717, 1.165) is 0 Å². The Bertz CT molecular complexity index is 1070. The summed E-state index contributed by atoms with van der Waals surface area (Å²) < 4.78 is 32.9. The van der Waals surface area contributed by atoms with E-state index >= 15 is 0 Å². The van der Waals surface area contributed by atoms with E-state index in [1.54, 1.807) is 42.5 Å². The Morgan fingerprint density at radius 3 is 2.10 bits per heavy atom. The average molecular weight is 414 g/mol. The van der Waals surface area contributed by atoms with Crippen molar-refractivity contribution in [2.45, 2.75) is 17.1 Å². The van der Waals surface area contributed by atoms with Gasteiger partial charge in [0.25, 0.3) is 10.0 Å². The van der Waals surface area contributed by atoms with Crippen molar-refractivity contribution in [1.82, 2.24) is 0 Å². The lowest BCUT2D eigenvalue weighted by Gasteiger charge is -2.21. The molecule has 1 amide bonds. The van der Waals surface area contributed by atoms with Gasteiger partial charge >= 0.3 is 5.97 Å². The Balaban J connectivity index is 1.46. The second-order valence-corrected chi connectivity index (χ2v) is 8.51. The number of benzene rings is 2. The number of carboxylic acid groups (broad SMARTS) is 1. The summed E-state index contributed by atoms with van der Waals surface area (Å²) in [5, 5.41) is 12.1. The number of carbonyl (C=O) groups is 2. The Hall–Kier alpha value is -3.17. The molecule has 2 aliphatic heterocycles. The smallest absolute Gasteiger partial charge is 0.310 e. The number of sulfonamides is 1. The van der Waals surface area contributed by atoms with Crippen molar-refractivity contribution < 1.29 is 27.9 Å². The van der Waals surface area contributed by atoms with Gasteiger partial charge in [0.05, 0.1) is 23.0 Å². The molecule has 2 aromatic rings. The van der Waals surface area contributed by atoms with Crippen LogP contribution >= 0.6 is 0 Å². The normalized spacial score (nSPS) is 25.0. The van der Waals surface area contributed by atoms with Gasteiger partial charge < -0.3 is 15.2 Å². The van der Waals surface area contributed by atoms with Gasteiger partial charge in [-0.2, -0.15) is 0 Å². The van der Waals surface area contributed by atoms with Crippen LogP contribution in [0, 0.1) is 11.8 Å². The fourth-order valence-electron chi connectivity index (χ4n) is 3.58. The highest BCUT2D eigenvalue weighted by molar-refractivity contribution is 7.92. The highest BCUT2D eigenvalue weighted by Gasteiger charge is 2.53. The highest BCUT2D eigenvalue weighted by atomic mass is 32.2. The molecule has 29 heavy (non-hydrogen) atoms. The maximum absolute atomic E-state index is 12.6. The number of rotatable bonds is 6. The number of ether oxygens (including phenoxy) is 1. The van der Waals surface area contributed by atoms with E-state index in [1.807, 2.05) is 0 Å². The van der Waals surface area contributed by atoms with E-state index in [-0.39, 0.29) is 4.90 Å². The molecule has 2 aliphatic rings. The van der Waals surface area contributed by atoms with Crippen molar-refractivity contribution in [2.24, 2.45) is 11.8 Å². The third kappa shape index (κ3) is 3.74. The molecular formula is C20H18N2O6S. The Labute approximate surface area is 167 Å². The minimum Gasteiger partial charge on any atom is -0.481 e. The number of nitrogens with one attached hydrogen (secondary N) is 2. The zero-order chi connectivity index (χ0) is 20.6. The Morgan fingerprint density at radius 1 is 0.862 bits per heavy atom. The Morgan fingerprint density at radius 2 is 1.48 bits per heavy atom. The van der Waals surface area contributed by atoms with E-state index in [1.165, 1.54) is 24.3 Å². The number of hydrogen-bond donors (Lipinski definition) is 3. The van der Waals surface area contributed by atoms with Crippen LogP contribution in [-0.2, 0) is 24.3 Å². The monoisotopic (exact) mass is 414 g/mol. The van der Waals surface area contributed by atoms with Crippen molar-refractivity contribution in [3.05, 3.63) is 66.7 Å². The van der Waals surface area contributed by atoms with Crippen LogP contribution in [0.2, 0.25) is 0 Å². The molecule has 0 spiro atoms. The van der Waals surface area contributed by atoms with Gasteiger partial charge in [0.15, 0.2) is 0 Å². The maximum atomic E-state index is 12.6. The van der Waals surface area contributed by atoms with Crippen LogP contribution in [0.4, 0.5) is 11.4 Å². The molecule has 0 aliphatic carbocycles. The molecule has 0 unspecified atom stereocenters. The highest BCUT2D eigenvalue weighted by Crippen LogP contribution is 2.39. The van der Waals surface area contributed by atoms with Crippen LogP contribution in [0.5, 0.6) is 0 Å². The molecule has 8 nitrogen and oxygen atoms in total. The molecule has 2 heterocycles. The average Bonchev–Trinajstić information content (AvgIpc) is 3.30. The molecule has 1 fully saturated rings. The van der Waals surface area contributed by atoms with Crippen molar-refractivity contribution >= 4 is 33.3 Å². The van der Waals surface area contributed by atoms with Crippen LogP contribution in [0.25, 0.3) is 0 Å². The van der Waals surface area contributed by atoms with Gasteiger partial charge in [-0.15, -0.1) is 0 Å². The predicted molar refractivity (Wildman–Crippen MR) is 105 cm³/mol. The lowest BCUT2D eigenvalue weighted by atomic mass is 9.82. The van der Waals surface area contributed by atoms with E-state index in [9.17, 15) is 23.1 Å². The van der Waals surface area contributed by atoms with Crippen LogP contribution in [-0.4, -0.2) is 37.6 Å². The van der Waals surface area contributed by atoms with Crippen molar-refractivity contribution in [3.8, 4) is 0 Å². The third-order valence-electron chi connectivity index (χ3n) is 4.95. The van der Waals surface area contributed by atoms with Crippen LogP contribution < -0.4 is 10.0 Å². The van der Waals surface area contributed by atoms with Gasteiger partial charge in [-0.1, -0.05) is 30.4 Å². The first-order valence-electron chi connectivity index (χ1n) is 8.90. The van der Waals surface area contributed by atoms with Crippen LogP contribution in [0.3, 0.4) is 0 Å². The molecule has 150 valence electrons. The summed E-state index contributed by atoms with van der Waals surface area (Å²) in [6.45, 7) is 0. The second-order valence-electron chi connectivity index (χ2n) is 6.83. The maximum Gasteiger partial charge on any atom is 0.310 e. The van der Waals surface area contributed by atoms with Gasteiger partial charge in [0.2, 0.25) is 5.91 Å². The first-order chi connectivity index (χ1) is 13.8. The van der Waals surface area contributed by atoms with E-state index in [4.69, 9.17) is 4.74 Å². The summed E-state index contributed by atoms with van der Waals surface area (Å²) in [5.41, 5.74) is 0.804. The first kappa shape index (κ1) is 19.2. The number of aliphatic carboxylic acids is 1. The fourth-order valence-corrected chi connectivity index (χ4v) is 4.64. The topological polar surface area (TPSA) is 122 Å². The van der Waals surface area contributed by atoms with E-state index in [2.05, 4.69) is 10.0 Å². The number of hydrogen-bond acceptors (Lipinski definition) is 5. The van der Waals surface area contributed by atoms with Gasteiger partial charge in [-0.05, 0) is 36.4 Å². The van der Waals surface area contributed by atoms with Gasteiger partial charge in [-0.25, -0.2) is 8.42 Å². The number of anilines is 2. The quantitative estimate of drug-likeness (QED) is 0.622. The number of carbonyl (C=O) groups excluding carboxylic acids is 1. The van der Waals surface area contributed by atoms with Crippen molar-refractivity contribution in [2.75, 3.05) is 10.0 Å². The molecule has 2 bridgehead atoms. The number of amides is 1. The summed E-state index contributed by atoms with van der Waals surface area (Å²) >= 11 is 0. The van der Waals surface area contributed by atoms with Gasteiger partial charge in [0.1, 0.15) is 5.92 Å². The minimum atomic E-state index is -3.77. The summed E-state index contributed by atoms with van der Waals surface area (Å²) in [6.07, 6.45) is 2.17. The molecule has 9 heteroatoms. The zero-order valence-electron chi connectivity index (χ0n) is 15.1. The molecular weight excluding hydrogens is 396 g/mol. The number of fused-ring (bicyclic) bond motifs is 2. The molecule has 3 N–H and O–H groups in total. The van der Waals surface area contributed by atoms with Crippen molar-refractivity contribution in [3.63, 3.8) is 0 Å².